The van der Waals surface area contributed by atoms with Crippen molar-refractivity contribution in [1.82, 2.24) is 0 Å². The largest absolute Gasteiger partial charge is 0.0616 e. The quantitative estimate of drug-likeness (QED) is 0.162. The zero-order chi connectivity index (χ0) is 34.9. The van der Waals surface area contributed by atoms with E-state index in [1.165, 1.54) is 110 Å². The first-order chi connectivity index (χ1) is 25.3. The molecule has 0 unspecified atom stereocenters. The first kappa shape index (κ1) is 29.7. The maximum absolute atomic E-state index is 2.48. The summed E-state index contributed by atoms with van der Waals surface area (Å²) in [6.07, 6.45) is 0. The van der Waals surface area contributed by atoms with Gasteiger partial charge in [-0.25, -0.2) is 0 Å². The summed E-state index contributed by atoms with van der Waals surface area (Å²) in [5.41, 5.74) is 16.1. The third-order valence-electron chi connectivity index (χ3n) is 12.6. The molecular weight excluding hydrogens is 625 g/mol. The van der Waals surface area contributed by atoms with E-state index in [1.54, 1.807) is 0 Å². The molecule has 0 spiro atoms. The third-order valence-corrected chi connectivity index (χ3v) is 12.6. The highest BCUT2D eigenvalue weighted by Crippen LogP contribution is 2.54. The number of hydrogen-bond acceptors (Lipinski definition) is 0. The van der Waals surface area contributed by atoms with Gasteiger partial charge < -0.3 is 0 Å². The van der Waals surface area contributed by atoms with Crippen LogP contribution in [0, 0.1) is 0 Å². The molecule has 0 saturated heterocycles. The molecule has 52 heavy (non-hydrogen) atoms. The molecule has 11 rings (SSSR count). The lowest BCUT2D eigenvalue weighted by molar-refractivity contribution is 0.661. The van der Waals surface area contributed by atoms with Gasteiger partial charge in [-0.1, -0.05) is 149 Å². The van der Waals surface area contributed by atoms with Crippen molar-refractivity contribution in [3.63, 3.8) is 0 Å². The van der Waals surface area contributed by atoms with Crippen LogP contribution in [0.15, 0.2) is 158 Å². The van der Waals surface area contributed by atoms with Gasteiger partial charge in [-0.2, -0.15) is 0 Å². The van der Waals surface area contributed by atoms with Crippen molar-refractivity contribution in [1.29, 1.82) is 0 Å². The third kappa shape index (κ3) is 3.93. The van der Waals surface area contributed by atoms with Crippen LogP contribution in [-0.2, 0) is 10.8 Å². The average Bonchev–Trinajstić information content (AvgIpc) is 3.52. The lowest BCUT2D eigenvalue weighted by atomic mass is 9.80. The van der Waals surface area contributed by atoms with Crippen LogP contribution >= 0.6 is 0 Å². The first-order valence-electron chi connectivity index (χ1n) is 18.6. The van der Waals surface area contributed by atoms with E-state index >= 15 is 0 Å². The lowest BCUT2D eigenvalue weighted by Crippen LogP contribution is -2.14. The Labute approximate surface area is 305 Å². The minimum absolute atomic E-state index is 0.0612. The Hall–Kier alpha value is -5.98. The lowest BCUT2D eigenvalue weighted by Gasteiger charge is -2.23. The Morgan fingerprint density at radius 3 is 0.962 bits per heavy atom. The molecule has 0 fully saturated rings. The van der Waals surface area contributed by atoms with Crippen molar-refractivity contribution in [2.24, 2.45) is 0 Å². The zero-order valence-corrected chi connectivity index (χ0v) is 30.0. The van der Waals surface area contributed by atoms with Gasteiger partial charge in [-0.3, -0.25) is 0 Å². The molecule has 0 aliphatic heterocycles. The van der Waals surface area contributed by atoms with Crippen molar-refractivity contribution in [3.8, 4) is 44.5 Å². The van der Waals surface area contributed by atoms with E-state index in [0.29, 0.717) is 0 Å². The van der Waals surface area contributed by atoms with Gasteiger partial charge in [0.1, 0.15) is 0 Å². The summed E-state index contributed by atoms with van der Waals surface area (Å²) in [5, 5.41) is 10.4. The second kappa shape index (κ2) is 10.3. The predicted octanol–water partition coefficient (Wildman–Crippen LogP) is 14.2. The molecule has 0 nitrogen and oxygen atoms in total. The summed E-state index contributed by atoms with van der Waals surface area (Å²) >= 11 is 0. The fourth-order valence-corrected chi connectivity index (χ4v) is 9.94. The van der Waals surface area contributed by atoms with Gasteiger partial charge in [0, 0.05) is 10.8 Å². The first-order valence-corrected chi connectivity index (χ1v) is 18.6. The van der Waals surface area contributed by atoms with Crippen LogP contribution in [0.2, 0.25) is 0 Å². The molecule has 2 aliphatic rings. The van der Waals surface area contributed by atoms with Gasteiger partial charge in [-0.15, -0.1) is 0 Å². The van der Waals surface area contributed by atoms with Gasteiger partial charge in [0.05, 0.1) is 0 Å². The van der Waals surface area contributed by atoms with E-state index in [1.807, 2.05) is 0 Å². The van der Waals surface area contributed by atoms with Crippen molar-refractivity contribution < 1.29 is 0 Å². The van der Waals surface area contributed by atoms with E-state index in [0.717, 1.165) is 0 Å². The van der Waals surface area contributed by atoms with Crippen LogP contribution in [0.25, 0.3) is 87.6 Å². The average molecular weight is 663 g/mol. The van der Waals surface area contributed by atoms with E-state index in [2.05, 4.69) is 185 Å². The standard InChI is InChI=1S/C52H38/c1-51(2)45-23-21-35(27-41(45)43-25-31-13-5-7-15-33(31)29-47(43)51)49-37-17-9-11-19-39(37)50(40-20-12-10-18-38(40)49)36-22-24-46-42(28-36)44-26-32-14-6-8-16-34(32)30-48(44)52(46,3)4/h5-30H,1-4H3. The topological polar surface area (TPSA) is 0 Å². The maximum atomic E-state index is 2.48. The second-order valence-corrected chi connectivity index (χ2v) is 16.1. The number of benzene rings is 9. The number of rotatable bonds is 2. The Balaban J connectivity index is 1.15. The highest BCUT2D eigenvalue weighted by Gasteiger charge is 2.37. The molecular formula is C52H38. The summed E-state index contributed by atoms with van der Waals surface area (Å²) < 4.78 is 0. The molecule has 2 aliphatic carbocycles. The maximum Gasteiger partial charge on any atom is 0.0159 e. The van der Waals surface area contributed by atoms with E-state index in [9.17, 15) is 0 Å². The van der Waals surface area contributed by atoms with Crippen molar-refractivity contribution in [2.75, 3.05) is 0 Å². The van der Waals surface area contributed by atoms with Crippen LogP contribution in [0.1, 0.15) is 49.9 Å². The summed E-state index contributed by atoms with van der Waals surface area (Å²) in [7, 11) is 0. The molecule has 0 amide bonds. The Morgan fingerprint density at radius 1 is 0.288 bits per heavy atom. The minimum Gasteiger partial charge on any atom is -0.0616 e. The molecule has 0 radical (unpaired) electrons. The van der Waals surface area contributed by atoms with E-state index < -0.39 is 0 Å². The van der Waals surface area contributed by atoms with Crippen molar-refractivity contribution in [3.05, 3.63) is 180 Å². The summed E-state index contributed by atoms with van der Waals surface area (Å²) in [5.74, 6) is 0. The van der Waals surface area contributed by atoms with Gasteiger partial charge >= 0.3 is 0 Å². The van der Waals surface area contributed by atoms with Crippen LogP contribution in [0.3, 0.4) is 0 Å². The predicted molar refractivity (Wildman–Crippen MR) is 222 cm³/mol. The van der Waals surface area contributed by atoms with Gasteiger partial charge in [0.2, 0.25) is 0 Å². The fourth-order valence-electron chi connectivity index (χ4n) is 9.94. The molecule has 0 atom stereocenters. The SMILES string of the molecule is CC1(C)c2ccc(-c3c4ccccc4c(-c4ccc5c(c4)-c4cc6ccccc6cc4C5(C)C)c4ccccc34)cc2-c2cc3ccccc3cc21. The Morgan fingerprint density at radius 2 is 0.596 bits per heavy atom. The molecule has 0 saturated carbocycles. The number of hydrogen-bond donors (Lipinski definition) is 0. The minimum atomic E-state index is -0.0612. The van der Waals surface area contributed by atoms with E-state index in [4.69, 9.17) is 0 Å². The molecule has 0 heteroatoms. The van der Waals surface area contributed by atoms with Gasteiger partial charge in [-0.05, 0) is 146 Å². The summed E-state index contributed by atoms with van der Waals surface area (Å²) in [4.78, 5) is 0. The van der Waals surface area contributed by atoms with Crippen molar-refractivity contribution in [2.45, 2.75) is 38.5 Å². The zero-order valence-electron chi connectivity index (χ0n) is 30.0. The van der Waals surface area contributed by atoms with Crippen LogP contribution in [0.4, 0.5) is 0 Å². The van der Waals surface area contributed by atoms with Crippen LogP contribution in [-0.4, -0.2) is 0 Å². The Bertz CT molecular complexity index is 2740. The van der Waals surface area contributed by atoms with Gasteiger partial charge in [0.15, 0.2) is 0 Å². The summed E-state index contributed by atoms with van der Waals surface area (Å²) in [6, 6.07) is 59.8. The molecule has 0 aromatic heterocycles. The van der Waals surface area contributed by atoms with E-state index in [-0.39, 0.29) is 10.8 Å². The highest BCUT2D eigenvalue weighted by molar-refractivity contribution is 6.22. The molecule has 0 bridgehead atoms. The molecule has 9 aromatic rings. The summed E-state index contributed by atoms with van der Waals surface area (Å²) in [6.45, 7) is 9.52. The molecule has 9 aromatic carbocycles. The monoisotopic (exact) mass is 662 g/mol. The normalized spacial score (nSPS) is 14.8. The molecule has 0 heterocycles. The van der Waals surface area contributed by atoms with Gasteiger partial charge in [0.25, 0.3) is 0 Å². The second-order valence-electron chi connectivity index (χ2n) is 16.1. The Kier molecular flexibility index (Phi) is 5.89. The highest BCUT2D eigenvalue weighted by atomic mass is 14.4. The fraction of sp³-hybridized carbons (Fsp3) is 0.115. The van der Waals surface area contributed by atoms with Crippen LogP contribution in [0.5, 0.6) is 0 Å². The van der Waals surface area contributed by atoms with Crippen molar-refractivity contribution >= 4 is 43.1 Å². The molecule has 0 N–H and O–H groups in total. The number of fused-ring (bicyclic) bond motifs is 10. The molecule has 246 valence electrons. The smallest absolute Gasteiger partial charge is 0.0159 e. The van der Waals surface area contributed by atoms with Crippen LogP contribution < -0.4 is 0 Å².